The van der Waals surface area contributed by atoms with Crippen molar-refractivity contribution in [1.82, 2.24) is 4.72 Å². The number of halogens is 2. The highest BCUT2D eigenvalue weighted by Gasteiger charge is 2.48. The van der Waals surface area contributed by atoms with Crippen molar-refractivity contribution in [2.24, 2.45) is 11.8 Å². The fraction of sp³-hybridized carbons (Fsp3) is 0.467. The van der Waals surface area contributed by atoms with Crippen LogP contribution in [0.4, 0.5) is 14.5 Å². The third kappa shape index (κ3) is 4.51. The lowest BCUT2D eigenvalue weighted by Gasteiger charge is -2.21. The molecule has 1 aliphatic carbocycles. The summed E-state index contributed by atoms with van der Waals surface area (Å²) in [5, 5.41) is 10.9. The van der Waals surface area contributed by atoms with E-state index in [1.165, 1.54) is 0 Å². The normalized spacial score (nSPS) is 20.2. The summed E-state index contributed by atoms with van der Waals surface area (Å²) in [4.78, 5) is 21.9. The Morgan fingerprint density at radius 3 is 2.24 bits per heavy atom. The molecule has 0 saturated heterocycles. The van der Waals surface area contributed by atoms with Crippen molar-refractivity contribution in [3.05, 3.63) is 23.8 Å². The van der Waals surface area contributed by atoms with E-state index in [1.807, 2.05) is 0 Å². The minimum Gasteiger partial charge on any atom is -0.481 e. The molecule has 0 radical (unpaired) electrons. The Labute approximate surface area is 143 Å². The van der Waals surface area contributed by atoms with E-state index in [1.54, 1.807) is 20.8 Å². The van der Waals surface area contributed by atoms with Gasteiger partial charge in [-0.25, -0.2) is 21.9 Å². The van der Waals surface area contributed by atoms with Crippen LogP contribution in [0.15, 0.2) is 17.0 Å². The number of benzene rings is 1. The summed E-state index contributed by atoms with van der Waals surface area (Å²) in [6, 6.07) is 1.03. The number of sulfonamides is 1. The Morgan fingerprint density at radius 1 is 1.16 bits per heavy atom. The molecule has 1 saturated carbocycles. The maximum absolute atomic E-state index is 13.9. The number of carboxylic acids is 1. The number of carbonyl (C=O) groups excluding carboxylic acids is 1. The minimum atomic E-state index is -4.29. The molecule has 2 rings (SSSR count). The van der Waals surface area contributed by atoms with Gasteiger partial charge in [-0.05, 0) is 33.3 Å². The molecule has 0 aliphatic heterocycles. The maximum Gasteiger partial charge on any atom is 0.307 e. The summed E-state index contributed by atoms with van der Waals surface area (Å²) < 4.78 is 54.5. The molecule has 0 aromatic heterocycles. The summed E-state index contributed by atoms with van der Waals surface area (Å²) in [5.41, 5.74) is -1.43. The lowest BCUT2D eigenvalue weighted by Crippen LogP contribution is -2.40. The van der Waals surface area contributed by atoms with Crippen molar-refractivity contribution in [3.8, 4) is 0 Å². The van der Waals surface area contributed by atoms with Crippen molar-refractivity contribution in [2.75, 3.05) is 5.32 Å². The van der Waals surface area contributed by atoms with E-state index in [0.717, 1.165) is 0 Å². The summed E-state index contributed by atoms with van der Waals surface area (Å²) >= 11 is 0. The first kappa shape index (κ1) is 19.3. The van der Waals surface area contributed by atoms with Gasteiger partial charge in [0.1, 0.15) is 16.5 Å². The number of anilines is 1. The third-order valence-electron chi connectivity index (χ3n) is 3.45. The number of aliphatic carboxylic acids is 1. The second kappa shape index (κ2) is 6.34. The molecule has 0 heterocycles. The van der Waals surface area contributed by atoms with E-state index in [2.05, 4.69) is 10.0 Å². The van der Waals surface area contributed by atoms with Gasteiger partial charge in [0, 0.05) is 11.6 Å². The van der Waals surface area contributed by atoms with Crippen LogP contribution < -0.4 is 10.0 Å². The number of amides is 1. The van der Waals surface area contributed by atoms with Gasteiger partial charge in [0.05, 0.1) is 17.5 Å². The SMILES string of the molecule is CC(C)(C)NS(=O)(=O)c1cc(NC(=O)C2CC2C(=O)O)c(F)cc1F. The van der Waals surface area contributed by atoms with Gasteiger partial charge in [0.2, 0.25) is 15.9 Å². The average Bonchev–Trinajstić information content (AvgIpc) is 3.19. The van der Waals surface area contributed by atoms with Crippen LogP contribution in [0, 0.1) is 23.5 Å². The molecule has 2 unspecified atom stereocenters. The van der Waals surface area contributed by atoms with Crippen LogP contribution in [0.1, 0.15) is 27.2 Å². The zero-order valence-corrected chi connectivity index (χ0v) is 14.6. The molecule has 1 amide bonds. The monoisotopic (exact) mass is 376 g/mol. The molecule has 1 aromatic carbocycles. The number of rotatable bonds is 5. The first-order chi connectivity index (χ1) is 11.3. The van der Waals surface area contributed by atoms with Crippen LogP contribution in [0.5, 0.6) is 0 Å². The van der Waals surface area contributed by atoms with E-state index in [4.69, 9.17) is 5.11 Å². The topological polar surface area (TPSA) is 113 Å². The predicted octanol–water partition coefficient (Wildman–Crippen LogP) is 1.70. The van der Waals surface area contributed by atoms with Gasteiger partial charge in [-0.3, -0.25) is 9.59 Å². The molecule has 25 heavy (non-hydrogen) atoms. The van der Waals surface area contributed by atoms with E-state index in [0.29, 0.717) is 12.1 Å². The van der Waals surface area contributed by atoms with Crippen molar-refractivity contribution in [1.29, 1.82) is 0 Å². The molecule has 1 aromatic rings. The fourth-order valence-corrected chi connectivity index (χ4v) is 3.78. The highest BCUT2D eigenvalue weighted by Crippen LogP contribution is 2.39. The van der Waals surface area contributed by atoms with E-state index < -0.39 is 61.5 Å². The van der Waals surface area contributed by atoms with Gasteiger partial charge < -0.3 is 10.4 Å². The lowest BCUT2D eigenvalue weighted by atomic mass is 10.1. The van der Waals surface area contributed by atoms with Crippen LogP contribution in [0.2, 0.25) is 0 Å². The van der Waals surface area contributed by atoms with Gasteiger partial charge in [0.15, 0.2) is 0 Å². The van der Waals surface area contributed by atoms with Crippen LogP contribution in [-0.2, 0) is 19.6 Å². The molecule has 7 nitrogen and oxygen atoms in total. The standard InChI is InChI=1S/C15H18F2N2O5S/c1-15(2,3)19-25(23,24)12-6-11(9(16)5-10(12)17)18-13(20)7-4-8(7)14(21)22/h5-8,19H,4H2,1-3H3,(H,18,20)(H,21,22). The Hall–Kier alpha value is -2.07. The van der Waals surface area contributed by atoms with Crippen molar-refractivity contribution >= 4 is 27.6 Å². The zero-order chi connectivity index (χ0) is 19.2. The van der Waals surface area contributed by atoms with Gasteiger partial charge in [-0.2, -0.15) is 0 Å². The van der Waals surface area contributed by atoms with Crippen molar-refractivity contribution in [2.45, 2.75) is 37.6 Å². The van der Waals surface area contributed by atoms with Gasteiger partial charge in [0.25, 0.3) is 0 Å². The zero-order valence-electron chi connectivity index (χ0n) is 13.8. The first-order valence-corrected chi connectivity index (χ1v) is 8.87. The second-order valence-corrected chi connectivity index (χ2v) is 8.54. The Bertz CT molecular complexity index is 833. The highest BCUT2D eigenvalue weighted by atomic mass is 32.2. The molecule has 10 heteroatoms. The summed E-state index contributed by atoms with van der Waals surface area (Å²) in [5.74, 6) is -6.04. The Balaban J connectivity index is 2.29. The highest BCUT2D eigenvalue weighted by molar-refractivity contribution is 7.89. The third-order valence-corrected chi connectivity index (χ3v) is 5.23. The van der Waals surface area contributed by atoms with Gasteiger partial charge >= 0.3 is 5.97 Å². The van der Waals surface area contributed by atoms with Crippen LogP contribution >= 0.6 is 0 Å². The Kier molecular flexibility index (Phi) is 4.88. The number of hydrogen-bond acceptors (Lipinski definition) is 4. The molecule has 0 spiro atoms. The molecular weight excluding hydrogens is 358 g/mol. The summed E-state index contributed by atoms with van der Waals surface area (Å²) in [6.45, 7) is 4.65. The quantitative estimate of drug-likeness (QED) is 0.724. The van der Waals surface area contributed by atoms with Crippen LogP contribution in [0.25, 0.3) is 0 Å². The molecule has 3 N–H and O–H groups in total. The molecule has 2 atom stereocenters. The number of carbonyl (C=O) groups is 2. The molecule has 1 aliphatic rings. The van der Waals surface area contributed by atoms with E-state index in [9.17, 15) is 26.8 Å². The summed E-state index contributed by atoms with van der Waals surface area (Å²) in [7, 11) is -4.29. The smallest absolute Gasteiger partial charge is 0.307 e. The lowest BCUT2D eigenvalue weighted by molar-refractivity contribution is -0.139. The molecule has 138 valence electrons. The fourth-order valence-electron chi connectivity index (χ4n) is 2.27. The Morgan fingerprint density at radius 2 is 1.76 bits per heavy atom. The van der Waals surface area contributed by atoms with Crippen LogP contribution in [0.3, 0.4) is 0 Å². The molecular formula is C15H18F2N2O5S. The summed E-state index contributed by atoms with van der Waals surface area (Å²) in [6.07, 6.45) is 0.112. The van der Waals surface area contributed by atoms with Crippen molar-refractivity contribution < 1.29 is 31.9 Å². The molecule has 1 fully saturated rings. The predicted molar refractivity (Wildman–Crippen MR) is 84.3 cm³/mol. The molecule has 0 bridgehead atoms. The van der Waals surface area contributed by atoms with E-state index >= 15 is 0 Å². The first-order valence-electron chi connectivity index (χ1n) is 7.38. The van der Waals surface area contributed by atoms with E-state index in [-0.39, 0.29) is 6.42 Å². The number of nitrogens with one attached hydrogen (secondary N) is 2. The maximum atomic E-state index is 13.9. The number of carboxylic acid groups (broad SMARTS) is 1. The van der Waals surface area contributed by atoms with Gasteiger partial charge in [-0.1, -0.05) is 0 Å². The van der Waals surface area contributed by atoms with Crippen molar-refractivity contribution in [3.63, 3.8) is 0 Å². The largest absolute Gasteiger partial charge is 0.481 e. The van der Waals surface area contributed by atoms with Crippen LogP contribution in [-0.4, -0.2) is 30.9 Å². The average molecular weight is 376 g/mol. The number of hydrogen-bond donors (Lipinski definition) is 3. The minimum absolute atomic E-state index is 0.112. The second-order valence-electron chi connectivity index (χ2n) is 6.89. The van der Waals surface area contributed by atoms with Gasteiger partial charge in [-0.15, -0.1) is 0 Å².